The summed E-state index contributed by atoms with van der Waals surface area (Å²) in [6.45, 7) is 0. The molecule has 1 aromatic carbocycles. The Bertz CT molecular complexity index is 395. The number of nitrogens with zero attached hydrogens (tertiary/aromatic N) is 1. The molecule has 0 saturated heterocycles. The van der Waals surface area contributed by atoms with Crippen molar-refractivity contribution in [2.24, 2.45) is 0 Å². The molecular weight excluding hydrogens is 188 g/mol. The lowest BCUT2D eigenvalue weighted by Gasteiger charge is -2.19. The molecule has 0 aliphatic carbocycles. The zero-order valence-electron chi connectivity index (χ0n) is 7.49. The van der Waals surface area contributed by atoms with Crippen LogP contribution in [0.1, 0.15) is 0 Å². The van der Waals surface area contributed by atoms with Crippen molar-refractivity contribution in [1.82, 2.24) is 4.98 Å². The molecule has 1 aliphatic rings. The molecule has 66 valence electrons. The minimum Gasteiger partial charge on any atom is -0.354 e. The Balaban J connectivity index is 2.12. The number of fused-ring (bicyclic) bond motifs is 2. The van der Waals surface area contributed by atoms with Crippen LogP contribution >= 0.6 is 0 Å². The van der Waals surface area contributed by atoms with Gasteiger partial charge in [-0.2, -0.15) is 0 Å². The van der Waals surface area contributed by atoms with E-state index < -0.39 is 0 Å². The third-order valence-corrected chi connectivity index (χ3v) is 3.60. The number of pyridine rings is 1. The van der Waals surface area contributed by atoms with Gasteiger partial charge < -0.3 is 5.32 Å². The van der Waals surface area contributed by atoms with E-state index in [-0.39, 0.29) is 0 Å². The van der Waals surface area contributed by atoms with E-state index in [1.807, 2.05) is 12.3 Å². The maximum atomic E-state index is 4.37. The van der Waals surface area contributed by atoms with Crippen LogP contribution in [0.15, 0.2) is 42.6 Å². The highest BCUT2D eigenvalue weighted by atomic mass is 28.2. The quantitative estimate of drug-likeness (QED) is 0.538. The van der Waals surface area contributed by atoms with Crippen LogP contribution in [-0.2, 0) is 0 Å². The van der Waals surface area contributed by atoms with Gasteiger partial charge in [-0.25, -0.2) is 0 Å². The van der Waals surface area contributed by atoms with E-state index in [4.69, 9.17) is 0 Å². The number of aromatic nitrogens is 1. The van der Waals surface area contributed by atoms with Gasteiger partial charge in [0.05, 0.1) is 5.69 Å². The predicted octanol–water partition coefficient (Wildman–Crippen LogP) is 0.794. The molecule has 1 aromatic heterocycles. The van der Waals surface area contributed by atoms with Crippen LogP contribution in [-0.4, -0.2) is 14.5 Å². The summed E-state index contributed by atoms with van der Waals surface area (Å²) in [6.07, 6.45) is 1.85. The summed E-state index contributed by atoms with van der Waals surface area (Å²) in [5.41, 5.74) is 2.36. The highest BCUT2D eigenvalue weighted by molar-refractivity contribution is 6.70. The van der Waals surface area contributed by atoms with Crippen molar-refractivity contribution in [2.45, 2.75) is 0 Å². The maximum Gasteiger partial charge on any atom is 0.153 e. The van der Waals surface area contributed by atoms with Crippen LogP contribution in [0.3, 0.4) is 0 Å². The Morgan fingerprint density at radius 2 is 1.86 bits per heavy atom. The van der Waals surface area contributed by atoms with Gasteiger partial charge in [-0.3, -0.25) is 4.98 Å². The third-order valence-electron chi connectivity index (χ3n) is 2.26. The van der Waals surface area contributed by atoms with Crippen LogP contribution in [0.4, 0.5) is 11.4 Å². The van der Waals surface area contributed by atoms with E-state index in [2.05, 4.69) is 40.6 Å². The summed E-state index contributed by atoms with van der Waals surface area (Å²) in [6, 6.07) is 12.4. The van der Waals surface area contributed by atoms with Crippen LogP contribution in [0.25, 0.3) is 0 Å². The molecule has 2 heterocycles. The van der Waals surface area contributed by atoms with Crippen LogP contribution in [0.2, 0.25) is 0 Å². The molecule has 0 unspecified atom stereocenters. The molecule has 3 rings (SSSR count). The molecule has 0 fully saturated rings. The lowest BCUT2D eigenvalue weighted by Crippen LogP contribution is -2.37. The first-order valence-corrected chi connectivity index (χ1v) is 5.51. The molecule has 2 nitrogen and oxygen atoms in total. The number of para-hydroxylation sites is 1. The molecule has 1 N–H and O–H groups in total. The fourth-order valence-corrected chi connectivity index (χ4v) is 2.71. The summed E-state index contributed by atoms with van der Waals surface area (Å²) in [5.74, 6) is 0. The van der Waals surface area contributed by atoms with Gasteiger partial charge in [0, 0.05) is 17.2 Å². The number of hydrogen-bond acceptors (Lipinski definition) is 2. The topological polar surface area (TPSA) is 24.9 Å². The molecule has 0 atom stereocenters. The Morgan fingerprint density at radius 1 is 1.00 bits per heavy atom. The number of benzene rings is 1. The van der Waals surface area contributed by atoms with Gasteiger partial charge in [0.15, 0.2) is 9.52 Å². The monoisotopic (exact) mass is 196 g/mol. The largest absolute Gasteiger partial charge is 0.354 e. The van der Waals surface area contributed by atoms with Gasteiger partial charge in [0.1, 0.15) is 0 Å². The summed E-state index contributed by atoms with van der Waals surface area (Å²) in [5, 5.41) is 5.89. The van der Waals surface area contributed by atoms with E-state index >= 15 is 0 Å². The molecule has 2 radical (unpaired) electrons. The zero-order valence-corrected chi connectivity index (χ0v) is 8.49. The van der Waals surface area contributed by atoms with Crippen molar-refractivity contribution in [3.05, 3.63) is 42.6 Å². The fraction of sp³-hybridized carbons (Fsp3) is 0. The summed E-state index contributed by atoms with van der Waals surface area (Å²) in [4.78, 5) is 4.37. The van der Waals surface area contributed by atoms with Crippen molar-refractivity contribution >= 4 is 31.4 Å². The summed E-state index contributed by atoms with van der Waals surface area (Å²) < 4.78 is 0. The Labute approximate surface area is 84.8 Å². The molecule has 2 aromatic rings. The molecule has 0 saturated carbocycles. The standard InChI is InChI=1S/C11H8N2Si/c1-2-6-10-8(4-1)13-9-5-3-7-12-11(9)14-10/h1-7,13H. The lowest BCUT2D eigenvalue weighted by atomic mass is 10.3. The summed E-state index contributed by atoms with van der Waals surface area (Å²) in [7, 11) is 0.670. The number of hydrogen-bond donors (Lipinski definition) is 1. The van der Waals surface area contributed by atoms with Gasteiger partial charge in [-0.15, -0.1) is 0 Å². The van der Waals surface area contributed by atoms with E-state index in [9.17, 15) is 0 Å². The van der Waals surface area contributed by atoms with Crippen LogP contribution in [0.5, 0.6) is 0 Å². The van der Waals surface area contributed by atoms with Gasteiger partial charge in [0.25, 0.3) is 0 Å². The SMILES string of the molecule is c1ccc2c(c1)Nc1cccnc1[Si]2. The van der Waals surface area contributed by atoms with E-state index in [1.54, 1.807) is 0 Å². The van der Waals surface area contributed by atoms with Crippen molar-refractivity contribution in [1.29, 1.82) is 0 Å². The van der Waals surface area contributed by atoms with Crippen LogP contribution < -0.4 is 15.8 Å². The number of nitrogens with one attached hydrogen (secondary N) is 1. The van der Waals surface area contributed by atoms with Crippen molar-refractivity contribution in [3.8, 4) is 0 Å². The van der Waals surface area contributed by atoms with Gasteiger partial charge in [-0.05, 0) is 23.4 Å². The second-order valence-corrected chi connectivity index (χ2v) is 4.46. The first-order valence-electron chi connectivity index (χ1n) is 4.51. The van der Waals surface area contributed by atoms with Crippen molar-refractivity contribution in [2.75, 3.05) is 5.32 Å². The Kier molecular flexibility index (Phi) is 1.64. The maximum absolute atomic E-state index is 4.37. The Hall–Kier alpha value is -1.61. The van der Waals surface area contributed by atoms with Gasteiger partial charge in [0.2, 0.25) is 0 Å². The summed E-state index contributed by atoms with van der Waals surface area (Å²) >= 11 is 0. The zero-order chi connectivity index (χ0) is 9.38. The van der Waals surface area contributed by atoms with Crippen molar-refractivity contribution < 1.29 is 0 Å². The number of rotatable bonds is 0. The first kappa shape index (κ1) is 7.76. The normalized spacial score (nSPS) is 12.6. The molecule has 14 heavy (non-hydrogen) atoms. The molecule has 0 spiro atoms. The average Bonchev–Trinajstić information content (AvgIpc) is 2.26. The molecule has 1 aliphatic heterocycles. The molecule has 0 amide bonds. The van der Waals surface area contributed by atoms with Crippen molar-refractivity contribution in [3.63, 3.8) is 0 Å². The van der Waals surface area contributed by atoms with E-state index in [0.717, 1.165) is 11.0 Å². The average molecular weight is 196 g/mol. The highest BCUT2D eigenvalue weighted by Crippen LogP contribution is 2.14. The first-order chi connectivity index (χ1) is 6.93. The van der Waals surface area contributed by atoms with Gasteiger partial charge in [-0.1, -0.05) is 18.2 Å². The number of anilines is 2. The fourth-order valence-electron chi connectivity index (χ4n) is 1.58. The smallest absolute Gasteiger partial charge is 0.153 e. The minimum atomic E-state index is 0.670. The van der Waals surface area contributed by atoms with E-state index in [1.165, 1.54) is 10.9 Å². The second-order valence-electron chi connectivity index (χ2n) is 3.20. The lowest BCUT2D eigenvalue weighted by molar-refractivity contribution is 1.37. The minimum absolute atomic E-state index is 0.670. The van der Waals surface area contributed by atoms with E-state index in [0.29, 0.717) is 9.52 Å². The van der Waals surface area contributed by atoms with Gasteiger partial charge >= 0.3 is 0 Å². The second kappa shape index (κ2) is 2.96. The molecule has 0 bridgehead atoms. The molecular formula is C11H8N2Si. The Morgan fingerprint density at radius 3 is 2.86 bits per heavy atom. The third kappa shape index (κ3) is 1.14. The highest BCUT2D eigenvalue weighted by Gasteiger charge is 2.14. The van der Waals surface area contributed by atoms with Crippen LogP contribution in [0, 0.1) is 0 Å². The predicted molar refractivity (Wildman–Crippen MR) is 59.0 cm³/mol. The molecule has 3 heteroatoms.